The standard InChI is InChI=1S/C9H10F2N2O2/c1-5-6(4-12-13(5)2)7(14)3-8(15)9(10)11/h3-4,9,14H,1-2H3/p-1/b7-3-. The summed E-state index contributed by atoms with van der Waals surface area (Å²) in [5.74, 6) is -2.23. The molecule has 0 aromatic carbocycles. The molecule has 0 aliphatic heterocycles. The van der Waals surface area contributed by atoms with E-state index in [0.717, 1.165) is 0 Å². The summed E-state index contributed by atoms with van der Waals surface area (Å²) in [5.41, 5.74) is 0.685. The number of nitrogens with zero attached hydrogens (tertiary/aromatic N) is 2. The van der Waals surface area contributed by atoms with Crippen molar-refractivity contribution in [1.82, 2.24) is 9.78 Å². The molecule has 1 aromatic heterocycles. The van der Waals surface area contributed by atoms with Crippen molar-refractivity contribution in [1.29, 1.82) is 0 Å². The summed E-state index contributed by atoms with van der Waals surface area (Å²) in [6.07, 6.45) is -1.51. The van der Waals surface area contributed by atoms with Crippen LogP contribution in [-0.2, 0) is 11.8 Å². The Bertz CT molecular complexity index is 410. The molecule has 4 nitrogen and oxygen atoms in total. The molecule has 0 N–H and O–H groups in total. The number of carbonyl (C=O) groups excluding carboxylic acids is 1. The third-order valence-corrected chi connectivity index (χ3v) is 1.99. The second-order valence-electron chi connectivity index (χ2n) is 2.98. The highest BCUT2D eigenvalue weighted by Crippen LogP contribution is 2.13. The van der Waals surface area contributed by atoms with Gasteiger partial charge in [-0.3, -0.25) is 9.48 Å². The van der Waals surface area contributed by atoms with Gasteiger partial charge in [0.15, 0.2) is 0 Å². The smallest absolute Gasteiger partial charge is 0.299 e. The molecule has 0 spiro atoms. The summed E-state index contributed by atoms with van der Waals surface area (Å²) in [5, 5.41) is 15.1. The summed E-state index contributed by atoms with van der Waals surface area (Å²) in [7, 11) is 1.61. The SMILES string of the molecule is Cc1c(/C([O-])=C/C(=O)C(F)F)cnn1C. The van der Waals surface area contributed by atoms with E-state index in [2.05, 4.69) is 5.10 Å². The van der Waals surface area contributed by atoms with Crippen LogP contribution in [0.5, 0.6) is 0 Å². The molecule has 0 bridgehead atoms. The highest BCUT2D eigenvalue weighted by Gasteiger charge is 2.12. The first-order chi connectivity index (χ1) is 6.93. The van der Waals surface area contributed by atoms with Gasteiger partial charge in [0, 0.05) is 18.3 Å². The van der Waals surface area contributed by atoms with E-state index >= 15 is 0 Å². The van der Waals surface area contributed by atoms with Crippen molar-refractivity contribution in [2.75, 3.05) is 0 Å². The lowest BCUT2D eigenvalue weighted by molar-refractivity contribution is -0.244. The van der Waals surface area contributed by atoms with Crippen LogP contribution in [-0.4, -0.2) is 22.0 Å². The lowest BCUT2D eigenvalue weighted by atomic mass is 10.2. The number of alkyl halides is 2. The number of carbonyl (C=O) groups is 1. The number of ketones is 1. The predicted molar refractivity (Wildman–Crippen MR) is 46.9 cm³/mol. The number of rotatable bonds is 3. The Labute approximate surface area is 84.8 Å². The van der Waals surface area contributed by atoms with Crippen molar-refractivity contribution < 1.29 is 18.7 Å². The molecule has 0 saturated heterocycles. The Morgan fingerprint density at radius 3 is 2.67 bits per heavy atom. The Balaban J connectivity index is 2.99. The van der Waals surface area contributed by atoms with Gasteiger partial charge < -0.3 is 5.11 Å². The second-order valence-corrected chi connectivity index (χ2v) is 2.98. The monoisotopic (exact) mass is 215 g/mol. The van der Waals surface area contributed by atoms with Crippen LogP contribution in [0.4, 0.5) is 8.78 Å². The number of hydrogen-bond donors (Lipinski definition) is 0. The third kappa shape index (κ3) is 2.39. The zero-order chi connectivity index (χ0) is 11.6. The zero-order valence-corrected chi connectivity index (χ0v) is 8.20. The fourth-order valence-electron chi connectivity index (χ4n) is 1.01. The van der Waals surface area contributed by atoms with Crippen LogP contribution in [0.2, 0.25) is 0 Å². The first kappa shape index (κ1) is 11.4. The maximum Gasteiger partial charge on any atom is 0.299 e. The quantitative estimate of drug-likeness (QED) is 0.537. The maximum absolute atomic E-state index is 11.9. The Morgan fingerprint density at radius 2 is 2.27 bits per heavy atom. The average molecular weight is 215 g/mol. The first-order valence-corrected chi connectivity index (χ1v) is 4.13. The summed E-state index contributed by atoms with van der Waals surface area (Å²) < 4.78 is 25.1. The van der Waals surface area contributed by atoms with Gasteiger partial charge in [-0.2, -0.15) is 5.10 Å². The molecule has 1 heterocycles. The Hall–Kier alpha value is -1.72. The molecule has 0 aliphatic rings. The molecule has 1 rings (SSSR count). The number of allylic oxidation sites excluding steroid dienone is 1. The predicted octanol–water partition coefficient (Wildman–Crippen LogP) is 0.264. The number of aryl methyl sites for hydroxylation is 1. The van der Waals surface area contributed by atoms with Gasteiger partial charge in [0.05, 0.1) is 6.20 Å². The van der Waals surface area contributed by atoms with Gasteiger partial charge in [0.25, 0.3) is 6.43 Å². The molecule has 1 aromatic rings. The van der Waals surface area contributed by atoms with E-state index in [9.17, 15) is 18.7 Å². The number of hydrogen-bond acceptors (Lipinski definition) is 3. The van der Waals surface area contributed by atoms with E-state index < -0.39 is 18.0 Å². The highest BCUT2D eigenvalue weighted by molar-refractivity contribution is 5.97. The van der Waals surface area contributed by atoms with Crippen LogP contribution in [0.3, 0.4) is 0 Å². The van der Waals surface area contributed by atoms with Crippen molar-refractivity contribution in [3.63, 3.8) is 0 Å². The van der Waals surface area contributed by atoms with E-state index in [-0.39, 0.29) is 5.56 Å². The molecule has 0 radical (unpaired) electrons. The minimum atomic E-state index is -3.15. The zero-order valence-electron chi connectivity index (χ0n) is 8.20. The lowest BCUT2D eigenvalue weighted by Gasteiger charge is -2.10. The minimum absolute atomic E-state index is 0.159. The van der Waals surface area contributed by atoms with Gasteiger partial charge in [-0.25, -0.2) is 8.78 Å². The topological polar surface area (TPSA) is 57.9 Å². The molecule has 0 saturated carbocycles. The van der Waals surface area contributed by atoms with Crippen LogP contribution >= 0.6 is 0 Å². The molecule has 0 atom stereocenters. The average Bonchev–Trinajstić information content (AvgIpc) is 2.47. The Kier molecular flexibility index (Phi) is 3.18. The van der Waals surface area contributed by atoms with Gasteiger partial charge in [-0.05, 0) is 13.0 Å². The van der Waals surface area contributed by atoms with E-state index in [1.165, 1.54) is 10.9 Å². The summed E-state index contributed by atoms with van der Waals surface area (Å²) >= 11 is 0. The third-order valence-electron chi connectivity index (χ3n) is 1.99. The van der Waals surface area contributed by atoms with E-state index in [1.54, 1.807) is 14.0 Å². The summed E-state index contributed by atoms with van der Waals surface area (Å²) in [4.78, 5) is 10.6. The minimum Gasteiger partial charge on any atom is -0.872 e. The fraction of sp³-hybridized carbons (Fsp3) is 0.333. The lowest BCUT2D eigenvalue weighted by Crippen LogP contribution is -2.11. The van der Waals surface area contributed by atoms with Gasteiger partial charge >= 0.3 is 0 Å². The van der Waals surface area contributed by atoms with Crippen LogP contribution in [0.25, 0.3) is 5.76 Å². The van der Waals surface area contributed by atoms with Crippen LogP contribution in [0.1, 0.15) is 11.3 Å². The molecule has 15 heavy (non-hydrogen) atoms. The number of aromatic nitrogens is 2. The highest BCUT2D eigenvalue weighted by atomic mass is 19.3. The Morgan fingerprint density at radius 1 is 1.67 bits per heavy atom. The fourth-order valence-corrected chi connectivity index (χ4v) is 1.01. The van der Waals surface area contributed by atoms with E-state index in [0.29, 0.717) is 11.8 Å². The van der Waals surface area contributed by atoms with Crippen molar-refractivity contribution in [3.8, 4) is 0 Å². The van der Waals surface area contributed by atoms with Crippen LogP contribution in [0.15, 0.2) is 12.3 Å². The van der Waals surface area contributed by atoms with Crippen molar-refractivity contribution >= 4 is 11.5 Å². The van der Waals surface area contributed by atoms with Gasteiger partial charge in [0.1, 0.15) is 0 Å². The summed E-state index contributed by atoms with van der Waals surface area (Å²) in [6, 6.07) is 0. The molecule has 0 aliphatic carbocycles. The first-order valence-electron chi connectivity index (χ1n) is 4.13. The van der Waals surface area contributed by atoms with Crippen molar-refractivity contribution in [3.05, 3.63) is 23.5 Å². The van der Waals surface area contributed by atoms with Gasteiger partial charge in [-0.15, -0.1) is 0 Å². The molecule has 0 amide bonds. The van der Waals surface area contributed by atoms with E-state index in [4.69, 9.17) is 0 Å². The molecular weight excluding hydrogens is 206 g/mol. The van der Waals surface area contributed by atoms with Crippen molar-refractivity contribution in [2.24, 2.45) is 7.05 Å². The molecule has 82 valence electrons. The molecule has 6 heteroatoms. The number of halogens is 2. The maximum atomic E-state index is 11.9. The summed E-state index contributed by atoms with van der Waals surface area (Å²) in [6.45, 7) is 1.61. The van der Waals surface area contributed by atoms with Gasteiger partial charge in [-0.1, -0.05) is 5.76 Å². The molecule has 0 unspecified atom stereocenters. The normalized spacial score (nSPS) is 12.2. The van der Waals surface area contributed by atoms with E-state index in [1.807, 2.05) is 0 Å². The molecular formula is C9H9F2N2O2-. The van der Waals surface area contributed by atoms with Crippen LogP contribution < -0.4 is 5.11 Å². The van der Waals surface area contributed by atoms with Crippen LogP contribution in [0, 0.1) is 6.92 Å². The second kappa shape index (κ2) is 4.20. The largest absolute Gasteiger partial charge is 0.872 e. The molecule has 0 fully saturated rings. The van der Waals surface area contributed by atoms with Crippen molar-refractivity contribution in [2.45, 2.75) is 13.3 Å². The van der Waals surface area contributed by atoms with Gasteiger partial charge in [0.2, 0.25) is 5.78 Å².